The highest BCUT2D eigenvalue weighted by Gasteiger charge is 2.22. The lowest BCUT2D eigenvalue weighted by Gasteiger charge is -2.28. The Kier molecular flexibility index (Phi) is 5.76. The molecule has 0 bridgehead atoms. The second kappa shape index (κ2) is 8.61. The van der Waals surface area contributed by atoms with Crippen molar-refractivity contribution in [2.75, 3.05) is 18.4 Å². The van der Waals surface area contributed by atoms with Gasteiger partial charge in [-0.1, -0.05) is 25.1 Å². The van der Waals surface area contributed by atoms with Gasteiger partial charge in [-0.15, -0.1) is 5.10 Å². The van der Waals surface area contributed by atoms with E-state index in [0.29, 0.717) is 30.4 Å². The first-order chi connectivity index (χ1) is 14.1. The smallest absolute Gasteiger partial charge is 0.326 e. The molecule has 1 fully saturated rings. The molecule has 2 atom stereocenters. The number of carbonyl (C=O) groups excluding carboxylic acids is 1. The number of piperidine rings is 1. The first-order valence-electron chi connectivity index (χ1n) is 10.2. The molecular formula is C22H27N5O2. The molecule has 1 aromatic carbocycles. The number of nitrogens with one attached hydrogen (secondary N) is 2. The summed E-state index contributed by atoms with van der Waals surface area (Å²) in [4.78, 5) is 25.0. The normalized spacial score (nSPS) is 17.9. The van der Waals surface area contributed by atoms with E-state index in [1.807, 2.05) is 30.3 Å². The van der Waals surface area contributed by atoms with Gasteiger partial charge in [0.15, 0.2) is 5.65 Å². The van der Waals surface area contributed by atoms with E-state index in [9.17, 15) is 9.59 Å². The fourth-order valence-corrected chi connectivity index (χ4v) is 4.03. The molecule has 0 saturated carbocycles. The zero-order valence-corrected chi connectivity index (χ0v) is 16.7. The maximum Gasteiger partial charge on any atom is 0.350 e. The molecule has 1 aliphatic heterocycles. The summed E-state index contributed by atoms with van der Waals surface area (Å²) in [5, 5.41) is 10.8. The van der Waals surface area contributed by atoms with E-state index in [0.717, 1.165) is 24.3 Å². The lowest BCUT2D eigenvalue weighted by Crippen LogP contribution is -2.34. The van der Waals surface area contributed by atoms with Crippen LogP contribution in [0, 0.1) is 11.8 Å². The average Bonchev–Trinajstić information content (AvgIpc) is 3.04. The van der Waals surface area contributed by atoms with Crippen molar-refractivity contribution in [3.05, 3.63) is 64.7 Å². The lowest BCUT2D eigenvalue weighted by molar-refractivity contribution is -0.117. The predicted molar refractivity (Wildman–Crippen MR) is 113 cm³/mol. The van der Waals surface area contributed by atoms with Crippen LogP contribution in [0.1, 0.15) is 31.7 Å². The maximum atomic E-state index is 12.5. The molecule has 7 nitrogen and oxygen atoms in total. The van der Waals surface area contributed by atoms with Crippen LogP contribution in [0.2, 0.25) is 0 Å². The van der Waals surface area contributed by atoms with E-state index < -0.39 is 0 Å². The van der Waals surface area contributed by atoms with Crippen LogP contribution >= 0.6 is 0 Å². The molecule has 0 spiro atoms. The predicted octanol–water partition coefficient (Wildman–Crippen LogP) is 2.51. The van der Waals surface area contributed by atoms with E-state index in [-0.39, 0.29) is 11.6 Å². The standard InChI is InChI=1S/C22H27N5O2/c1-16(18-7-5-10-23-14-18)12-21(28)24-19-8-4-6-17(13-19)15-27-22(29)26-11-3-2-9-20(26)25-27/h2-4,6,8-9,11,13,16,18,23H,5,7,10,12,14-15H2,1H3,(H,24,28). The molecule has 29 heavy (non-hydrogen) atoms. The maximum absolute atomic E-state index is 12.5. The summed E-state index contributed by atoms with van der Waals surface area (Å²) >= 11 is 0. The fourth-order valence-electron chi connectivity index (χ4n) is 4.03. The number of hydrogen-bond donors (Lipinski definition) is 2. The number of anilines is 1. The van der Waals surface area contributed by atoms with E-state index in [1.54, 1.807) is 18.3 Å². The van der Waals surface area contributed by atoms with Crippen molar-refractivity contribution in [1.29, 1.82) is 0 Å². The van der Waals surface area contributed by atoms with Gasteiger partial charge in [-0.05, 0) is 67.6 Å². The van der Waals surface area contributed by atoms with Gasteiger partial charge in [0.2, 0.25) is 5.91 Å². The van der Waals surface area contributed by atoms with Crippen molar-refractivity contribution < 1.29 is 4.79 Å². The Hall–Kier alpha value is -2.93. The van der Waals surface area contributed by atoms with Gasteiger partial charge in [-0.3, -0.25) is 9.20 Å². The molecular weight excluding hydrogens is 366 g/mol. The van der Waals surface area contributed by atoms with Crippen molar-refractivity contribution in [1.82, 2.24) is 19.5 Å². The Morgan fingerprint density at radius 1 is 1.31 bits per heavy atom. The molecule has 4 rings (SSSR count). The minimum absolute atomic E-state index is 0.0325. The largest absolute Gasteiger partial charge is 0.350 e. The van der Waals surface area contributed by atoms with Crippen molar-refractivity contribution >= 4 is 17.2 Å². The minimum Gasteiger partial charge on any atom is -0.326 e. The molecule has 2 aromatic heterocycles. The molecule has 3 heterocycles. The summed E-state index contributed by atoms with van der Waals surface area (Å²) in [5.41, 5.74) is 2.11. The summed E-state index contributed by atoms with van der Waals surface area (Å²) in [6, 6.07) is 13.1. The van der Waals surface area contributed by atoms with Crippen LogP contribution in [0.25, 0.3) is 5.65 Å². The van der Waals surface area contributed by atoms with Gasteiger partial charge in [0.1, 0.15) is 0 Å². The summed E-state index contributed by atoms with van der Waals surface area (Å²) in [7, 11) is 0. The van der Waals surface area contributed by atoms with Gasteiger partial charge in [0.05, 0.1) is 6.54 Å². The second-order valence-electron chi connectivity index (χ2n) is 7.91. The van der Waals surface area contributed by atoms with Gasteiger partial charge in [0.25, 0.3) is 0 Å². The molecule has 152 valence electrons. The Morgan fingerprint density at radius 3 is 3.00 bits per heavy atom. The zero-order valence-electron chi connectivity index (χ0n) is 16.7. The number of rotatable bonds is 6. The van der Waals surface area contributed by atoms with Crippen LogP contribution in [0.15, 0.2) is 53.5 Å². The Balaban J connectivity index is 1.41. The monoisotopic (exact) mass is 393 g/mol. The quantitative estimate of drug-likeness (QED) is 0.674. The molecule has 3 aromatic rings. The third kappa shape index (κ3) is 4.56. The first-order valence-corrected chi connectivity index (χ1v) is 10.2. The molecule has 2 unspecified atom stereocenters. The van der Waals surface area contributed by atoms with Gasteiger partial charge >= 0.3 is 5.69 Å². The van der Waals surface area contributed by atoms with Gasteiger partial charge < -0.3 is 10.6 Å². The highest BCUT2D eigenvalue weighted by atomic mass is 16.2. The van der Waals surface area contributed by atoms with Crippen LogP contribution < -0.4 is 16.3 Å². The highest BCUT2D eigenvalue weighted by Crippen LogP contribution is 2.23. The van der Waals surface area contributed by atoms with Crippen molar-refractivity contribution in [3.8, 4) is 0 Å². The van der Waals surface area contributed by atoms with E-state index in [2.05, 4.69) is 22.7 Å². The Morgan fingerprint density at radius 2 is 2.21 bits per heavy atom. The molecule has 0 aliphatic carbocycles. The van der Waals surface area contributed by atoms with Crippen LogP contribution in [0.5, 0.6) is 0 Å². The SMILES string of the molecule is CC(CC(=O)Nc1cccc(Cn2nc3ccccn3c2=O)c1)C1CCCNC1. The number of aromatic nitrogens is 3. The molecule has 1 aliphatic rings. The van der Waals surface area contributed by atoms with Crippen molar-refractivity contribution in [3.63, 3.8) is 0 Å². The molecule has 1 saturated heterocycles. The van der Waals surface area contributed by atoms with E-state index in [4.69, 9.17) is 0 Å². The number of carbonyl (C=O) groups is 1. The fraction of sp³-hybridized carbons (Fsp3) is 0.409. The topological polar surface area (TPSA) is 80.4 Å². The average molecular weight is 393 g/mol. The van der Waals surface area contributed by atoms with Crippen LogP contribution in [0.3, 0.4) is 0 Å². The number of pyridine rings is 1. The highest BCUT2D eigenvalue weighted by molar-refractivity contribution is 5.90. The van der Waals surface area contributed by atoms with Gasteiger partial charge in [0, 0.05) is 18.3 Å². The number of benzene rings is 1. The number of nitrogens with zero attached hydrogens (tertiary/aromatic N) is 3. The first kappa shape index (κ1) is 19.4. The summed E-state index contributed by atoms with van der Waals surface area (Å²) in [6.07, 6.45) is 4.59. The molecule has 0 radical (unpaired) electrons. The minimum atomic E-state index is -0.176. The second-order valence-corrected chi connectivity index (χ2v) is 7.91. The van der Waals surface area contributed by atoms with Gasteiger partial charge in [-0.2, -0.15) is 0 Å². The number of hydrogen-bond acceptors (Lipinski definition) is 4. The third-order valence-corrected chi connectivity index (χ3v) is 5.68. The summed E-state index contributed by atoms with van der Waals surface area (Å²) in [6.45, 7) is 4.59. The summed E-state index contributed by atoms with van der Waals surface area (Å²) < 4.78 is 2.96. The van der Waals surface area contributed by atoms with Gasteiger partial charge in [-0.25, -0.2) is 9.48 Å². The number of fused-ring (bicyclic) bond motifs is 1. The number of amides is 1. The molecule has 7 heteroatoms. The van der Waals surface area contributed by atoms with Crippen LogP contribution in [0.4, 0.5) is 5.69 Å². The van der Waals surface area contributed by atoms with E-state index >= 15 is 0 Å². The Bertz CT molecular complexity index is 1050. The summed E-state index contributed by atoms with van der Waals surface area (Å²) in [5.74, 6) is 0.940. The van der Waals surface area contributed by atoms with E-state index in [1.165, 1.54) is 21.9 Å². The Labute approximate surface area is 169 Å². The zero-order chi connectivity index (χ0) is 20.2. The van der Waals surface area contributed by atoms with Crippen molar-refractivity contribution in [2.24, 2.45) is 11.8 Å². The molecule has 2 N–H and O–H groups in total. The third-order valence-electron chi connectivity index (χ3n) is 5.68. The molecule has 1 amide bonds. The van der Waals surface area contributed by atoms with Crippen LogP contribution in [-0.4, -0.2) is 33.2 Å². The lowest BCUT2D eigenvalue weighted by atomic mass is 9.85. The van der Waals surface area contributed by atoms with Crippen LogP contribution in [-0.2, 0) is 11.3 Å². The van der Waals surface area contributed by atoms with Crippen molar-refractivity contribution in [2.45, 2.75) is 32.7 Å².